The van der Waals surface area contributed by atoms with Crippen LogP contribution in [0.2, 0.25) is 0 Å². The predicted molar refractivity (Wildman–Crippen MR) is 65.1 cm³/mol. The van der Waals surface area contributed by atoms with Crippen LogP contribution in [0.1, 0.15) is 25.5 Å². The summed E-state index contributed by atoms with van der Waals surface area (Å²) in [5, 5.41) is 2.80. The normalized spacial score (nSPS) is 12.2. The zero-order chi connectivity index (χ0) is 12.0. The number of carbonyl (C=O) groups excluding carboxylic acids is 1. The first kappa shape index (κ1) is 12.6. The van der Waals surface area contributed by atoms with E-state index in [0.717, 1.165) is 18.5 Å². The van der Waals surface area contributed by atoms with E-state index in [1.165, 1.54) is 0 Å². The number of carbonyl (C=O) groups is 1. The van der Waals surface area contributed by atoms with Crippen molar-refractivity contribution in [1.29, 1.82) is 0 Å². The summed E-state index contributed by atoms with van der Waals surface area (Å²) in [5.74, 6) is 0.599. The Labute approximate surface area is 96.3 Å². The van der Waals surface area contributed by atoms with Crippen molar-refractivity contribution in [2.45, 2.75) is 26.7 Å². The molecule has 0 aliphatic carbocycles. The largest absolute Gasteiger partial charge is 0.330 e. The van der Waals surface area contributed by atoms with Crippen molar-refractivity contribution in [2.24, 2.45) is 11.7 Å². The molecule has 0 radical (unpaired) electrons. The van der Waals surface area contributed by atoms with Crippen LogP contribution in [-0.4, -0.2) is 17.4 Å². The van der Waals surface area contributed by atoms with Gasteiger partial charge in [0.15, 0.2) is 0 Å². The first-order valence-electron chi connectivity index (χ1n) is 5.58. The van der Waals surface area contributed by atoms with Gasteiger partial charge in [-0.3, -0.25) is 4.79 Å². The van der Waals surface area contributed by atoms with Crippen LogP contribution >= 0.6 is 0 Å². The first-order chi connectivity index (χ1) is 7.63. The lowest BCUT2D eigenvalue weighted by molar-refractivity contribution is -0.119. The molecule has 0 aromatic carbocycles. The van der Waals surface area contributed by atoms with Gasteiger partial charge in [0.25, 0.3) is 0 Å². The minimum absolute atomic E-state index is 0.00606. The molecular weight excluding hydrogens is 202 g/mol. The lowest BCUT2D eigenvalue weighted by Gasteiger charge is -2.11. The molecule has 0 fully saturated rings. The van der Waals surface area contributed by atoms with Crippen LogP contribution < -0.4 is 11.1 Å². The van der Waals surface area contributed by atoms with Gasteiger partial charge in [-0.25, -0.2) is 4.98 Å². The molecule has 4 nitrogen and oxygen atoms in total. The zero-order valence-electron chi connectivity index (χ0n) is 9.86. The molecule has 0 aliphatic heterocycles. The Balaban J connectivity index is 2.50. The summed E-state index contributed by atoms with van der Waals surface area (Å²) in [6, 6.07) is 5.57. The van der Waals surface area contributed by atoms with E-state index in [-0.39, 0.29) is 11.8 Å². The molecule has 3 N–H and O–H groups in total. The Hall–Kier alpha value is -1.42. The number of rotatable bonds is 5. The summed E-state index contributed by atoms with van der Waals surface area (Å²) in [7, 11) is 0. The second-order valence-corrected chi connectivity index (χ2v) is 3.99. The number of nitrogens with one attached hydrogen (secondary N) is 1. The first-order valence-corrected chi connectivity index (χ1v) is 5.58. The monoisotopic (exact) mass is 221 g/mol. The minimum Gasteiger partial charge on any atom is -0.330 e. The van der Waals surface area contributed by atoms with Crippen molar-refractivity contribution in [3.05, 3.63) is 23.9 Å². The standard InChI is InChI=1S/C12H19N3O/c1-9(5-4-8-13)12(16)15-11-7-3-6-10(2)14-11/h3,6-7,9H,4-5,8,13H2,1-2H3,(H,14,15,16). The van der Waals surface area contributed by atoms with Gasteiger partial charge in [-0.05, 0) is 38.4 Å². The molecule has 1 unspecified atom stereocenters. The molecule has 0 bridgehead atoms. The third-order valence-corrected chi connectivity index (χ3v) is 2.43. The van der Waals surface area contributed by atoms with E-state index in [4.69, 9.17) is 5.73 Å². The molecule has 1 heterocycles. The second kappa shape index (κ2) is 6.23. The van der Waals surface area contributed by atoms with Gasteiger partial charge in [-0.2, -0.15) is 0 Å². The third kappa shape index (κ3) is 3.98. The highest BCUT2D eigenvalue weighted by molar-refractivity contribution is 5.91. The summed E-state index contributed by atoms with van der Waals surface area (Å²) in [6.07, 6.45) is 1.68. The van der Waals surface area contributed by atoms with Gasteiger partial charge in [-0.1, -0.05) is 13.0 Å². The lowest BCUT2D eigenvalue weighted by Crippen LogP contribution is -2.21. The highest BCUT2D eigenvalue weighted by Crippen LogP contribution is 2.09. The number of aryl methyl sites for hydroxylation is 1. The maximum absolute atomic E-state index is 11.7. The van der Waals surface area contributed by atoms with E-state index in [9.17, 15) is 4.79 Å². The van der Waals surface area contributed by atoms with E-state index in [2.05, 4.69) is 10.3 Å². The highest BCUT2D eigenvalue weighted by Gasteiger charge is 2.12. The molecule has 0 saturated heterocycles. The summed E-state index contributed by atoms with van der Waals surface area (Å²) in [5.41, 5.74) is 6.30. The molecule has 4 heteroatoms. The van der Waals surface area contributed by atoms with E-state index in [0.29, 0.717) is 12.4 Å². The predicted octanol–water partition coefficient (Wildman–Crippen LogP) is 1.70. The number of hydrogen-bond donors (Lipinski definition) is 2. The van der Waals surface area contributed by atoms with Crippen LogP contribution in [0.25, 0.3) is 0 Å². The fourth-order valence-electron chi connectivity index (χ4n) is 1.42. The van der Waals surface area contributed by atoms with Gasteiger partial charge in [-0.15, -0.1) is 0 Å². The molecule has 0 spiro atoms. The van der Waals surface area contributed by atoms with Gasteiger partial charge >= 0.3 is 0 Å². The average molecular weight is 221 g/mol. The Morgan fingerprint density at radius 3 is 2.94 bits per heavy atom. The van der Waals surface area contributed by atoms with Crippen LogP contribution in [0.15, 0.2) is 18.2 Å². The topological polar surface area (TPSA) is 68.0 Å². The van der Waals surface area contributed by atoms with Crippen LogP contribution in [0, 0.1) is 12.8 Å². The average Bonchev–Trinajstić information content (AvgIpc) is 2.25. The number of nitrogens with zero attached hydrogens (tertiary/aromatic N) is 1. The molecule has 0 saturated carbocycles. The smallest absolute Gasteiger partial charge is 0.228 e. The van der Waals surface area contributed by atoms with Gasteiger partial charge in [0.1, 0.15) is 5.82 Å². The van der Waals surface area contributed by atoms with Crippen molar-refractivity contribution < 1.29 is 4.79 Å². The van der Waals surface area contributed by atoms with Crippen molar-refractivity contribution in [1.82, 2.24) is 4.98 Å². The Morgan fingerprint density at radius 2 is 2.31 bits per heavy atom. The molecule has 16 heavy (non-hydrogen) atoms. The van der Waals surface area contributed by atoms with E-state index >= 15 is 0 Å². The fraction of sp³-hybridized carbons (Fsp3) is 0.500. The van der Waals surface area contributed by atoms with Crippen molar-refractivity contribution >= 4 is 11.7 Å². The number of hydrogen-bond acceptors (Lipinski definition) is 3. The Morgan fingerprint density at radius 1 is 1.56 bits per heavy atom. The molecular formula is C12H19N3O. The molecule has 88 valence electrons. The fourth-order valence-corrected chi connectivity index (χ4v) is 1.42. The molecule has 1 rings (SSSR count). The van der Waals surface area contributed by atoms with E-state index in [1.54, 1.807) is 6.07 Å². The molecule has 1 aromatic heterocycles. The van der Waals surface area contributed by atoms with Gasteiger partial charge < -0.3 is 11.1 Å². The number of nitrogens with two attached hydrogens (primary N) is 1. The molecule has 1 aromatic rings. The second-order valence-electron chi connectivity index (χ2n) is 3.99. The summed E-state index contributed by atoms with van der Waals surface area (Å²) in [4.78, 5) is 16.0. The van der Waals surface area contributed by atoms with Gasteiger partial charge in [0, 0.05) is 11.6 Å². The molecule has 1 amide bonds. The number of amides is 1. The summed E-state index contributed by atoms with van der Waals surface area (Å²) in [6.45, 7) is 4.43. The Bertz CT molecular complexity index is 352. The Kier molecular flexibility index (Phi) is 4.92. The van der Waals surface area contributed by atoms with E-state index < -0.39 is 0 Å². The SMILES string of the molecule is Cc1cccc(NC(=O)C(C)CCCN)n1. The number of pyridine rings is 1. The van der Waals surface area contributed by atoms with E-state index in [1.807, 2.05) is 26.0 Å². The van der Waals surface area contributed by atoms with Crippen LogP contribution in [0.3, 0.4) is 0 Å². The zero-order valence-corrected chi connectivity index (χ0v) is 9.86. The number of anilines is 1. The number of aromatic nitrogens is 1. The van der Waals surface area contributed by atoms with Crippen LogP contribution in [0.4, 0.5) is 5.82 Å². The maximum atomic E-state index is 11.7. The van der Waals surface area contributed by atoms with Crippen LogP contribution in [0.5, 0.6) is 0 Å². The van der Waals surface area contributed by atoms with Crippen molar-refractivity contribution in [3.63, 3.8) is 0 Å². The lowest BCUT2D eigenvalue weighted by atomic mass is 10.1. The van der Waals surface area contributed by atoms with Crippen LogP contribution in [-0.2, 0) is 4.79 Å². The highest BCUT2D eigenvalue weighted by atomic mass is 16.1. The van der Waals surface area contributed by atoms with Crippen molar-refractivity contribution in [2.75, 3.05) is 11.9 Å². The van der Waals surface area contributed by atoms with Gasteiger partial charge in [0.05, 0.1) is 0 Å². The van der Waals surface area contributed by atoms with Crippen molar-refractivity contribution in [3.8, 4) is 0 Å². The minimum atomic E-state index is -0.0223. The summed E-state index contributed by atoms with van der Waals surface area (Å²) >= 11 is 0. The third-order valence-electron chi connectivity index (χ3n) is 2.43. The summed E-state index contributed by atoms with van der Waals surface area (Å²) < 4.78 is 0. The quantitative estimate of drug-likeness (QED) is 0.795. The molecule has 1 atom stereocenters. The van der Waals surface area contributed by atoms with Gasteiger partial charge in [0.2, 0.25) is 5.91 Å². The maximum Gasteiger partial charge on any atom is 0.228 e. The molecule has 0 aliphatic rings.